The third-order valence-corrected chi connectivity index (χ3v) is 3.58. The summed E-state index contributed by atoms with van der Waals surface area (Å²) in [6.07, 6.45) is 1.53. The van der Waals surface area contributed by atoms with Crippen LogP contribution in [0.2, 0.25) is 0 Å². The van der Waals surface area contributed by atoms with Crippen molar-refractivity contribution in [3.05, 3.63) is 47.9 Å². The Kier molecular flexibility index (Phi) is 5.86. The highest BCUT2D eigenvalue weighted by Gasteiger charge is 2.15. The molecule has 0 saturated carbocycles. The maximum Gasteiger partial charge on any atom is 0.132 e. The van der Waals surface area contributed by atoms with Gasteiger partial charge >= 0.3 is 0 Å². The molecule has 2 rings (SSSR count). The summed E-state index contributed by atoms with van der Waals surface area (Å²) in [5, 5.41) is 13.5. The predicted octanol–water partition coefficient (Wildman–Crippen LogP) is 2.90. The number of methoxy groups -OCH3 is 2. The third-order valence-electron chi connectivity index (χ3n) is 3.58. The highest BCUT2D eigenvalue weighted by Crippen LogP contribution is 2.24. The quantitative estimate of drug-likeness (QED) is 0.785. The molecule has 120 valence electrons. The van der Waals surface area contributed by atoms with Gasteiger partial charge in [-0.2, -0.15) is 0 Å². The Morgan fingerprint density at radius 1 is 1.23 bits per heavy atom. The molecule has 5 nitrogen and oxygen atoms in total. The molecule has 2 unspecified atom stereocenters. The lowest BCUT2D eigenvalue weighted by atomic mass is 10.1. The molecule has 2 aromatic rings. The maximum atomic E-state index is 10.1. The van der Waals surface area contributed by atoms with Crippen molar-refractivity contribution < 1.29 is 19.0 Å². The van der Waals surface area contributed by atoms with Gasteiger partial charge in [0.25, 0.3) is 0 Å². The Labute approximate surface area is 130 Å². The molecule has 0 fully saturated rings. The first-order valence-electron chi connectivity index (χ1n) is 7.29. The van der Waals surface area contributed by atoms with Crippen molar-refractivity contribution in [1.29, 1.82) is 0 Å². The lowest BCUT2D eigenvalue weighted by Gasteiger charge is -2.18. The van der Waals surface area contributed by atoms with E-state index in [1.54, 1.807) is 32.6 Å². The number of hydrogen-bond donors (Lipinski definition) is 2. The Hall–Kier alpha value is -1.98. The van der Waals surface area contributed by atoms with E-state index in [4.69, 9.17) is 13.9 Å². The molecule has 22 heavy (non-hydrogen) atoms. The maximum absolute atomic E-state index is 10.1. The molecule has 0 amide bonds. The van der Waals surface area contributed by atoms with Crippen LogP contribution in [0.5, 0.6) is 11.5 Å². The number of aliphatic hydroxyl groups is 1. The molecule has 0 bridgehead atoms. The fourth-order valence-corrected chi connectivity index (χ4v) is 2.32. The van der Waals surface area contributed by atoms with Gasteiger partial charge in [0, 0.05) is 18.2 Å². The summed E-state index contributed by atoms with van der Waals surface area (Å²) < 4.78 is 15.8. The average Bonchev–Trinajstić information content (AvgIpc) is 3.07. The molecule has 2 N–H and O–H groups in total. The first-order valence-corrected chi connectivity index (χ1v) is 7.29. The molecular formula is C17H23NO4. The second-order valence-corrected chi connectivity index (χ2v) is 5.23. The predicted molar refractivity (Wildman–Crippen MR) is 84.1 cm³/mol. The highest BCUT2D eigenvalue weighted by atomic mass is 16.5. The molecule has 2 atom stereocenters. The van der Waals surface area contributed by atoms with E-state index < -0.39 is 6.10 Å². The monoisotopic (exact) mass is 305 g/mol. The van der Waals surface area contributed by atoms with Gasteiger partial charge in [0.15, 0.2) is 0 Å². The van der Waals surface area contributed by atoms with Crippen molar-refractivity contribution in [2.24, 2.45) is 0 Å². The van der Waals surface area contributed by atoms with Gasteiger partial charge in [0.2, 0.25) is 0 Å². The van der Waals surface area contributed by atoms with Crippen LogP contribution in [-0.4, -0.2) is 25.4 Å². The zero-order valence-electron chi connectivity index (χ0n) is 13.2. The Morgan fingerprint density at radius 3 is 2.68 bits per heavy atom. The van der Waals surface area contributed by atoms with Crippen LogP contribution < -0.4 is 14.8 Å². The van der Waals surface area contributed by atoms with Crippen LogP contribution >= 0.6 is 0 Å². The molecule has 0 aliphatic carbocycles. The van der Waals surface area contributed by atoms with E-state index in [0.717, 1.165) is 17.1 Å². The zero-order valence-corrected chi connectivity index (χ0v) is 13.2. The zero-order chi connectivity index (χ0) is 15.9. The summed E-state index contributed by atoms with van der Waals surface area (Å²) >= 11 is 0. The molecule has 0 aliphatic rings. The van der Waals surface area contributed by atoms with Gasteiger partial charge in [-0.15, -0.1) is 0 Å². The average molecular weight is 305 g/mol. The Morgan fingerprint density at radius 2 is 2.05 bits per heavy atom. The van der Waals surface area contributed by atoms with Crippen LogP contribution in [-0.2, 0) is 6.54 Å². The number of hydrogen-bond acceptors (Lipinski definition) is 5. The van der Waals surface area contributed by atoms with Gasteiger partial charge in [-0.1, -0.05) is 0 Å². The fraction of sp³-hybridized carbons (Fsp3) is 0.412. The van der Waals surface area contributed by atoms with E-state index in [0.29, 0.717) is 18.7 Å². The van der Waals surface area contributed by atoms with Crippen molar-refractivity contribution >= 4 is 0 Å². The van der Waals surface area contributed by atoms with Gasteiger partial charge in [0.1, 0.15) is 23.4 Å². The Balaban J connectivity index is 1.91. The summed E-state index contributed by atoms with van der Waals surface area (Å²) in [7, 11) is 3.29. The van der Waals surface area contributed by atoms with Crippen molar-refractivity contribution in [2.45, 2.75) is 32.0 Å². The normalized spacial score (nSPS) is 13.6. The summed E-state index contributed by atoms with van der Waals surface area (Å²) in [6, 6.07) is 9.38. The lowest BCUT2D eigenvalue weighted by Crippen LogP contribution is -2.27. The van der Waals surface area contributed by atoms with Gasteiger partial charge in [-0.25, -0.2) is 0 Å². The van der Waals surface area contributed by atoms with Crippen LogP contribution in [0.15, 0.2) is 41.0 Å². The van der Waals surface area contributed by atoms with E-state index in [2.05, 4.69) is 5.32 Å². The molecule has 0 spiro atoms. The molecule has 1 heterocycles. The minimum absolute atomic E-state index is 0.121. The molecule has 1 aromatic carbocycles. The smallest absolute Gasteiger partial charge is 0.132 e. The molecule has 0 radical (unpaired) electrons. The van der Waals surface area contributed by atoms with Crippen LogP contribution in [0, 0.1) is 0 Å². The third kappa shape index (κ3) is 4.26. The van der Waals surface area contributed by atoms with Gasteiger partial charge in [-0.05, 0) is 43.7 Å². The van der Waals surface area contributed by atoms with Crippen molar-refractivity contribution in [3.63, 3.8) is 0 Å². The second-order valence-electron chi connectivity index (χ2n) is 5.23. The minimum Gasteiger partial charge on any atom is -0.497 e. The minimum atomic E-state index is -0.607. The standard InChI is InChI=1S/C17H23NO4/c1-12(9-15(19)17-5-4-8-22-17)18-11-13-10-14(20-2)6-7-16(13)21-3/h4-8,10,12,15,18-19H,9,11H2,1-3H3. The number of benzene rings is 1. The van der Waals surface area contributed by atoms with Gasteiger partial charge in [0.05, 0.1) is 20.5 Å². The van der Waals surface area contributed by atoms with E-state index >= 15 is 0 Å². The number of rotatable bonds is 8. The molecular weight excluding hydrogens is 282 g/mol. The van der Waals surface area contributed by atoms with Crippen LogP contribution in [0.3, 0.4) is 0 Å². The molecule has 0 aliphatic heterocycles. The Bertz CT molecular complexity index is 568. The number of nitrogens with one attached hydrogen (secondary N) is 1. The summed E-state index contributed by atoms with van der Waals surface area (Å²) in [5.74, 6) is 2.19. The molecule has 1 aromatic heterocycles. The summed E-state index contributed by atoms with van der Waals surface area (Å²) in [5.41, 5.74) is 1.01. The van der Waals surface area contributed by atoms with Gasteiger partial charge in [-0.3, -0.25) is 0 Å². The fourth-order valence-electron chi connectivity index (χ4n) is 2.32. The van der Waals surface area contributed by atoms with Crippen LogP contribution in [0.25, 0.3) is 0 Å². The number of ether oxygens (including phenoxy) is 2. The first kappa shape index (κ1) is 16.4. The van der Waals surface area contributed by atoms with Crippen molar-refractivity contribution in [1.82, 2.24) is 5.32 Å². The number of furan rings is 1. The van der Waals surface area contributed by atoms with Crippen LogP contribution in [0.4, 0.5) is 0 Å². The molecule has 0 saturated heterocycles. The van der Waals surface area contributed by atoms with E-state index in [-0.39, 0.29) is 6.04 Å². The first-order chi connectivity index (χ1) is 10.6. The second kappa shape index (κ2) is 7.87. The van der Waals surface area contributed by atoms with E-state index in [1.807, 2.05) is 25.1 Å². The largest absolute Gasteiger partial charge is 0.497 e. The molecule has 5 heteroatoms. The van der Waals surface area contributed by atoms with Crippen molar-refractivity contribution in [2.75, 3.05) is 14.2 Å². The van der Waals surface area contributed by atoms with Crippen molar-refractivity contribution in [3.8, 4) is 11.5 Å². The summed E-state index contributed by atoms with van der Waals surface area (Å²) in [4.78, 5) is 0. The highest BCUT2D eigenvalue weighted by molar-refractivity contribution is 5.40. The lowest BCUT2D eigenvalue weighted by molar-refractivity contribution is 0.128. The van der Waals surface area contributed by atoms with E-state index in [9.17, 15) is 5.11 Å². The van der Waals surface area contributed by atoms with Crippen LogP contribution in [0.1, 0.15) is 30.8 Å². The SMILES string of the molecule is COc1ccc(OC)c(CNC(C)CC(O)c2ccco2)c1. The topological polar surface area (TPSA) is 63.9 Å². The van der Waals surface area contributed by atoms with Gasteiger partial charge < -0.3 is 24.3 Å². The number of aliphatic hydroxyl groups excluding tert-OH is 1. The summed E-state index contributed by atoms with van der Waals surface area (Å²) in [6.45, 7) is 2.66. The van der Waals surface area contributed by atoms with E-state index in [1.165, 1.54) is 0 Å².